The van der Waals surface area contributed by atoms with E-state index < -0.39 is 11.7 Å². The first-order valence-corrected chi connectivity index (χ1v) is 5.95. The lowest BCUT2D eigenvalue weighted by Gasteiger charge is -2.20. The zero-order valence-corrected chi connectivity index (χ0v) is 11.1. The smallest absolute Gasteiger partial charge is 0.418 e. The number of aromatic nitrogens is 2. The van der Waals surface area contributed by atoms with Crippen molar-refractivity contribution in [3.63, 3.8) is 0 Å². The Hall–Kier alpha value is -2.30. The van der Waals surface area contributed by atoms with Gasteiger partial charge in [-0.05, 0) is 39.0 Å². The molecule has 0 amide bonds. The monoisotopic (exact) mass is 260 g/mol. The Morgan fingerprint density at radius 3 is 2.74 bits per heavy atom. The summed E-state index contributed by atoms with van der Waals surface area (Å²) in [4.78, 5) is 25.5. The Kier molecular flexibility index (Phi) is 3.29. The Bertz CT molecular complexity index is 602. The molecule has 0 bridgehead atoms. The number of ether oxygens (including phenoxy) is 1. The number of carbonyl (C=O) groups excluding carboxylic acids is 2. The van der Waals surface area contributed by atoms with Crippen LogP contribution in [0, 0.1) is 0 Å². The summed E-state index contributed by atoms with van der Waals surface area (Å²) in [5.74, 6) is 0. The lowest BCUT2D eigenvalue weighted by Crippen LogP contribution is -2.27. The molecule has 0 radical (unpaired) electrons. The van der Waals surface area contributed by atoms with Gasteiger partial charge in [-0.1, -0.05) is 0 Å². The van der Waals surface area contributed by atoms with E-state index in [0.717, 1.165) is 11.8 Å². The van der Waals surface area contributed by atoms with Crippen molar-refractivity contribution in [2.24, 2.45) is 0 Å². The Labute approximate surface area is 111 Å². The normalized spacial score (nSPS) is 11.3. The SMILES string of the molecule is CC(C)(C)OC(=O)n1cccc1-c1c[nH]c(C=O)c1. The van der Waals surface area contributed by atoms with Crippen molar-refractivity contribution in [3.05, 3.63) is 36.3 Å². The summed E-state index contributed by atoms with van der Waals surface area (Å²) >= 11 is 0. The number of rotatable bonds is 2. The van der Waals surface area contributed by atoms with Gasteiger partial charge in [-0.25, -0.2) is 4.79 Å². The molecule has 1 N–H and O–H groups in total. The van der Waals surface area contributed by atoms with E-state index in [1.54, 1.807) is 30.6 Å². The van der Waals surface area contributed by atoms with Gasteiger partial charge in [-0.2, -0.15) is 0 Å². The fourth-order valence-corrected chi connectivity index (χ4v) is 1.71. The predicted molar refractivity (Wildman–Crippen MR) is 71.2 cm³/mol. The number of hydrogen-bond donors (Lipinski definition) is 1. The topological polar surface area (TPSA) is 64.1 Å². The van der Waals surface area contributed by atoms with Crippen molar-refractivity contribution in [2.75, 3.05) is 0 Å². The third-order valence-corrected chi connectivity index (χ3v) is 2.47. The molecule has 0 spiro atoms. The highest BCUT2D eigenvalue weighted by atomic mass is 16.6. The maximum Gasteiger partial charge on any atom is 0.418 e. The lowest BCUT2D eigenvalue weighted by molar-refractivity contribution is 0.0540. The molecule has 0 aliphatic rings. The number of aldehydes is 1. The molecule has 0 aromatic carbocycles. The fourth-order valence-electron chi connectivity index (χ4n) is 1.71. The van der Waals surface area contributed by atoms with Crippen LogP contribution in [-0.2, 0) is 4.74 Å². The van der Waals surface area contributed by atoms with Gasteiger partial charge in [0.05, 0.1) is 11.4 Å². The molecule has 0 aliphatic heterocycles. The van der Waals surface area contributed by atoms with Crippen LogP contribution in [0.25, 0.3) is 11.3 Å². The van der Waals surface area contributed by atoms with Gasteiger partial charge in [0.2, 0.25) is 0 Å². The zero-order valence-electron chi connectivity index (χ0n) is 11.1. The van der Waals surface area contributed by atoms with Gasteiger partial charge in [-0.3, -0.25) is 9.36 Å². The molecule has 0 atom stereocenters. The maximum atomic E-state index is 12.1. The standard InChI is InChI=1S/C14H16N2O3/c1-14(2,3)19-13(18)16-6-4-5-12(16)10-7-11(9-17)15-8-10/h4-9,15H,1-3H3. The molecule has 0 saturated heterocycles. The van der Waals surface area contributed by atoms with Crippen LogP contribution in [0.2, 0.25) is 0 Å². The van der Waals surface area contributed by atoms with Gasteiger partial charge >= 0.3 is 6.09 Å². The van der Waals surface area contributed by atoms with E-state index in [1.165, 1.54) is 4.57 Å². The number of hydrogen-bond acceptors (Lipinski definition) is 3. The van der Waals surface area contributed by atoms with Gasteiger partial charge in [0.1, 0.15) is 5.60 Å². The summed E-state index contributed by atoms with van der Waals surface area (Å²) in [6.45, 7) is 5.44. The molecule has 19 heavy (non-hydrogen) atoms. The van der Waals surface area contributed by atoms with Crippen molar-refractivity contribution in [1.82, 2.24) is 9.55 Å². The average molecular weight is 260 g/mol. The predicted octanol–water partition coefficient (Wildman–Crippen LogP) is 3.08. The highest BCUT2D eigenvalue weighted by molar-refractivity contribution is 5.81. The first-order chi connectivity index (χ1) is 8.90. The van der Waals surface area contributed by atoms with Crippen LogP contribution in [-0.4, -0.2) is 27.5 Å². The third-order valence-electron chi connectivity index (χ3n) is 2.47. The van der Waals surface area contributed by atoms with Gasteiger partial charge in [0, 0.05) is 18.0 Å². The van der Waals surface area contributed by atoms with E-state index in [4.69, 9.17) is 4.74 Å². The van der Waals surface area contributed by atoms with E-state index in [1.807, 2.05) is 20.8 Å². The molecule has 0 unspecified atom stereocenters. The summed E-state index contributed by atoms with van der Waals surface area (Å²) in [6, 6.07) is 5.23. The molecule has 0 aliphatic carbocycles. The van der Waals surface area contributed by atoms with Crippen LogP contribution in [0.5, 0.6) is 0 Å². The first kappa shape index (κ1) is 13.1. The van der Waals surface area contributed by atoms with E-state index >= 15 is 0 Å². The van der Waals surface area contributed by atoms with E-state index in [2.05, 4.69) is 4.98 Å². The van der Waals surface area contributed by atoms with Crippen LogP contribution in [0.4, 0.5) is 4.79 Å². The van der Waals surface area contributed by atoms with Crippen molar-refractivity contribution < 1.29 is 14.3 Å². The molecule has 100 valence electrons. The maximum absolute atomic E-state index is 12.1. The van der Waals surface area contributed by atoms with Crippen LogP contribution < -0.4 is 0 Å². The minimum atomic E-state index is -0.551. The summed E-state index contributed by atoms with van der Waals surface area (Å²) < 4.78 is 6.74. The second-order valence-electron chi connectivity index (χ2n) is 5.21. The second-order valence-corrected chi connectivity index (χ2v) is 5.21. The van der Waals surface area contributed by atoms with Crippen molar-refractivity contribution in [2.45, 2.75) is 26.4 Å². The Morgan fingerprint density at radius 2 is 2.16 bits per heavy atom. The highest BCUT2D eigenvalue weighted by Crippen LogP contribution is 2.22. The molecular weight excluding hydrogens is 244 g/mol. The van der Waals surface area contributed by atoms with E-state index in [-0.39, 0.29) is 0 Å². The minimum absolute atomic E-state index is 0.443. The summed E-state index contributed by atoms with van der Waals surface area (Å²) in [5.41, 5.74) is 1.36. The largest absolute Gasteiger partial charge is 0.443 e. The fraction of sp³-hybridized carbons (Fsp3) is 0.286. The Morgan fingerprint density at radius 1 is 1.42 bits per heavy atom. The van der Waals surface area contributed by atoms with Gasteiger partial charge in [0.25, 0.3) is 0 Å². The zero-order chi connectivity index (χ0) is 14.0. The number of nitrogens with one attached hydrogen (secondary N) is 1. The van der Waals surface area contributed by atoms with E-state index in [9.17, 15) is 9.59 Å². The summed E-state index contributed by atoms with van der Waals surface area (Å²) in [6.07, 6.45) is 3.60. The first-order valence-electron chi connectivity index (χ1n) is 5.95. The molecule has 0 fully saturated rings. The van der Waals surface area contributed by atoms with Crippen LogP contribution in [0.3, 0.4) is 0 Å². The second kappa shape index (κ2) is 4.76. The van der Waals surface area contributed by atoms with Gasteiger partial charge < -0.3 is 9.72 Å². The minimum Gasteiger partial charge on any atom is -0.443 e. The van der Waals surface area contributed by atoms with E-state index in [0.29, 0.717) is 11.4 Å². The summed E-state index contributed by atoms with van der Waals surface area (Å²) in [5, 5.41) is 0. The highest BCUT2D eigenvalue weighted by Gasteiger charge is 2.20. The number of aromatic amines is 1. The molecule has 2 rings (SSSR count). The number of H-pyrrole nitrogens is 1. The molecule has 5 nitrogen and oxygen atoms in total. The number of carbonyl (C=O) groups is 2. The van der Waals surface area contributed by atoms with Crippen LogP contribution >= 0.6 is 0 Å². The molecule has 0 saturated carbocycles. The third kappa shape index (κ3) is 2.93. The van der Waals surface area contributed by atoms with Crippen LogP contribution in [0.1, 0.15) is 31.3 Å². The molecule has 2 aromatic heterocycles. The Balaban J connectivity index is 2.32. The van der Waals surface area contributed by atoms with Crippen molar-refractivity contribution in [3.8, 4) is 11.3 Å². The van der Waals surface area contributed by atoms with Crippen molar-refractivity contribution >= 4 is 12.4 Å². The molecule has 2 aromatic rings. The average Bonchev–Trinajstić information content (AvgIpc) is 2.95. The molecular formula is C14H16N2O3. The van der Waals surface area contributed by atoms with Crippen LogP contribution in [0.15, 0.2) is 30.6 Å². The molecule has 5 heteroatoms. The summed E-state index contributed by atoms with van der Waals surface area (Å²) in [7, 11) is 0. The number of nitrogens with zero attached hydrogens (tertiary/aromatic N) is 1. The van der Waals surface area contributed by atoms with Gasteiger partial charge in [0.15, 0.2) is 6.29 Å². The quantitative estimate of drug-likeness (QED) is 0.844. The van der Waals surface area contributed by atoms with Gasteiger partial charge in [-0.15, -0.1) is 0 Å². The van der Waals surface area contributed by atoms with Crippen molar-refractivity contribution in [1.29, 1.82) is 0 Å². The molecule has 2 heterocycles. The lowest BCUT2D eigenvalue weighted by atomic mass is 10.2.